The Bertz CT molecular complexity index is 738. The number of benzene rings is 2. The Morgan fingerprint density at radius 2 is 1.90 bits per heavy atom. The molecule has 106 valence electrons. The average molecular weight is 277 g/mol. The number of rotatable bonds is 4. The number of nitrogens with one attached hydrogen (secondary N) is 1. The number of nitrogens with two attached hydrogens (primary N) is 1. The van der Waals surface area contributed by atoms with Gasteiger partial charge < -0.3 is 11.1 Å². The van der Waals surface area contributed by atoms with Crippen LogP contribution in [0, 0.1) is 0 Å². The highest BCUT2D eigenvalue weighted by Crippen LogP contribution is 2.25. The van der Waals surface area contributed by atoms with Crippen LogP contribution in [0.15, 0.2) is 60.8 Å². The molecule has 0 radical (unpaired) electrons. The van der Waals surface area contributed by atoms with E-state index in [1.54, 1.807) is 0 Å². The average Bonchev–Trinajstić information content (AvgIpc) is 2.53. The van der Waals surface area contributed by atoms with E-state index < -0.39 is 0 Å². The first-order valence-electron chi connectivity index (χ1n) is 7.17. The second-order valence-corrected chi connectivity index (χ2v) is 5.33. The quantitative estimate of drug-likeness (QED) is 0.708. The lowest BCUT2D eigenvalue weighted by Crippen LogP contribution is -2.10. The molecule has 1 atom stereocenters. The summed E-state index contributed by atoms with van der Waals surface area (Å²) in [5.41, 5.74) is 10.0. The third kappa shape index (κ3) is 2.97. The minimum absolute atomic E-state index is 0.440. The Kier molecular flexibility index (Phi) is 3.73. The number of aromatic nitrogens is 1. The van der Waals surface area contributed by atoms with Crippen LogP contribution >= 0.6 is 0 Å². The highest BCUT2D eigenvalue weighted by atomic mass is 14.9. The Morgan fingerprint density at radius 1 is 1.10 bits per heavy atom. The highest BCUT2D eigenvalue weighted by Gasteiger charge is 2.07. The smallest absolute Gasteiger partial charge is 0.0724 e. The minimum Gasteiger partial charge on any atom is -0.399 e. The maximum Gasteiger partial charge on any atom is 0.0724 e. The van der Waals surface area contributed by atoms with Crippen molar-refractivity contribution in [1.29, 1.82) is 0 Å². The normalized spacial score (nSPS) is 12.2. The summed E-state index contributed by atoms with van der Waals surface area (Å²) in [4.78, 5) is 4.37. The van der Waals surface area contributed by atoms with E-state index in [1.807, 2.05) is 36.5 Å². The standard InChI is InChI=1S/C18H19N3/c1-13(14-5-3-2-4-6-14)12-21-18-9-10-20-17-8-7-15(19)11-16(17)18/h2-11,13H,12,19H2,1H3,(H,20,21). The van der Waals surface area contributed by atoms with Gasteiger partial charge in [0.2, 0.25) is 0 Å². The number of nitrogens with zero attached hydrogens (tertiary/aromatic N) is 1. The van der Waals surface area contributed by atoms with Gasteiger partial charge >= 0.3 is 0 Å². The van der Waals surface area contributed by atoms with Crippen LogP contribution in [0.5, 0.6) is 0 Å². The molecule has 3 nitrogen and oxygen atoms in total. The molecule has 3 heteroatoms. The Hall–Kier alpha value is -2.55. The molecule has 3 N–H and O–H groups in total. The second-order valence-electron chi connectivity index (χ2n) is 5.33. The van der Waals surface area contributed by atoms with Crippen LogP contribution in [0.2, 0.25) is 0 Å². The number of fused-ring (bicyclic) bond motifs is 1. The Morgan fingerprint density at radius 3 is 2.71 bits per heavy atom. The number of hydrogen-bond donors (Lipinski definition) is 2. The van der Waals surface area contributed by atoms with Crippen molar-refractivity contribution in [3.8, 4) is 0 Å². The van der Waals surface area contributed by atoms with E-state index in [4.69, 9.17) is 5.73 Å². The molecule has 3 aromatic rings. The van der Waals surface area contributed by atoms with Gasteiger partial charge in [-0.2, -0.15) is 0 Å². The molecule has 3 rings (SSSR count). The van der Waals surface area contributed by atoms with Crippen LogP contribution in [-0.4, -0.2) is 11.5 Å². The lowest BCUT2D eigenvalue weighted by atomic mass is 10.0. The lowest BCUT2D eigenvalue weighted by Gasteiger charge is -2.15. The SMILES string of the molecule is CC(CNc1ccnc2ccc(N)cc12)c1ccccc1. The van der Waals surface area contributed by atoms with Crippen LogP contribution in [0.1, 0.15) is 18.4 Å². The van der Waals surface area contributed by atoms with Gasteiger partial charge in [0.05, 0.1) is 5.52 Å². The molecule has 0 fully saturated rings. The first kappa shape index (κ1) is 13.4. The van der Waals surface area contributed by atoms with Crippen molar-refractivity contribution < 1.29 is 0 Å². The zero-order valence-corrected chi connectivity index (χ0v) is 12.1. The first-order valence-corrected chi connectivity index (χ1v) is 7.17. The third-order valence-electron chi connectivity index (χ3n) is 3.73. The molecule has 0 bridgehead atoms. The summed E-state index contributed by atoms with van der Waals surface area (Å²) in [5.74, 6) is 0.440. The fourth-order valence-electron chi connectivity index (χ4n) is 2.48. The van der Waals surface area contributed by atoms with Crippen LogP contribution in [-0.2, 0) is 0 Å². The van der Waals surface area contributed by atoms with Gasteiger partial charge in [-0.3, -0.25) is 4.98 Å². The molecule has 0 spiro atoms. The van der Waals surface area contributed by atoms with Gasteiger partial charge in [-0.15, -0.1) is 0 Å². The second kappa shape index (κ2) is 5.83. The topological polar surface area (TPSA) is 50.9 Å². The van der Waals surface area contributed by atoms with Crippen LogP contribution in [0.4, 0.5) is 11.4 Å². The van der Waals surface area contributed by atoms with Crippen molar-refractivity contribution in [3.63, 3.8) is 0 Å². The molecule has 0 aliphatic rings. The van der Waals surface area contributed by atoms with E-state index in [-0.39, 0.29) is 0 Å². The van der Waals surface area contributed by atoms with Crippen molar-refractivity contribution in [3.05, 3.63) is 66.4 Å². The summed E-state index contributed by atoms with van der Waals surface area (Å²) in [6.45, 7) is 3.10. The van der Waals surface area contributed by atoms with E-state index in [0.29, 0.717) is 5.92 Å². The predicted molar refractivity (Wildman–Crippen MR) is 89.5 cm³/mol. The molecule has 1 heterocycles. The molecule has 1 aromatic heterocycles. The van der Waals surface area contributed by atoms with Crippen molar-refractivity contribution >= 4 is 22.3 Å². The number of nitrogen functional groups attached to an aromatic ring is 1. The molecule has 21 heavy (non-hydrogen) atoms. The Labute approximate surface area is 124 Å². The summed E-state index contributed by atoms with van der Waals surface area (Å²) in [5, 5.41) is 4.58. The number of anilines is 2. The molecule has 0 aliphatic carbocycles. The fourth-order valence-corrected chi connectivity index (χ4v) is 2.48. The van der Waals surface area contributed by atoms with E-state index >= 15 is 0 Å². The summed E-state index contributed by atoms with van der Waals surface area (Å²) < 4.78 is 0. The lowest BCUT2D eigenvalue weighted by molar-refractivity contribution is 0.805. The number of hydrogen-bond acceptors (Lipinski definition) is 3. The summed E-state index contributed by atoms with van der Waals surface area (Å²) in [6.07, 6.45) is 1.83. The van der Waals surface area contributed by atoms with Gasteiger partial charge in [-0.25, -0.2) is 0 Å². The highest BCUT2D eigenvalue weighted by molar-refractivity contribution is 5.93. The first-order chi connectivity index (χ1) is 10.2. The van der Waals surface area contributed by atoms with Gasteiger partial charge in [-0.1, -0.05) is 37.3 Å². The van der Waals surface area contributed by atoms with E-state index in [1.165, 1.54) is 5.56 Å². The van der Waals surface area contributed by atoms with E-state index in [2.05, 4.69) is 41.5 Å². The molecular formula is C18H19N3. The zero-order valence-electron chi connectivity index (χ0n) is 12.1. The van der Waals surface area contributed by atoms with Crippen LogP contribution in [0.25, 0.3) is 10.9 Å². The largest absolute Gasteiger partial charge is 0.399 e. The molecule has 0 saturated carbocycles. The molecule has 2 aromatic carbocycles. The summed E-state index contributed by atoms with van der Waals surface area (Å²) in [6, 6.07) is 18.3. The summed E-state index contributed by atoms with van der Waals surface area (Å²) >= 11 is 0. The predicted octanol–water partition coefficient (Wildman–Crippen LogP) is 4.03. The van der Waals surface area contributed by atoms with Crippen molar-refractivity contribution in [1.82, 2.24) is 4.98 Å². The molecule has 0 saturated heterocycles. The molecule has 0 amide bonds. The molecule has 0 aliphatic heterocycles. The van der Waals surface area contributed by atoms with Crippen LogP contribution < -0.4 is 11.1 Å². The number of pyridine rings is 1. The van der Waals surface area contributed by atoms with E-state index in [9.17, 15) is 0 Å². The van der Waals surface area contributed by atoms with Crippen LogP contribution in [0.3, 0.4) is 0 Å². The minimum atomic E-state index is 0.440. The van der Waals surface area contributed by atoms with Crippen molar-refractivity contribution in [2.45, 2.75) is 12.8 Å². The summed E-state index contributed by atoms with van der Waals surface area (Å²) in [7, 11) is 0. The fraction of sp³-hybridized carbons (Fsp3) is 0.167. The molecule has 1 unspecified atom stereocenters. The van der Waals surface area contributed by atoms with Crippen molar-refractivity contribution in [2.24, 2.45) is 0 Å². The van der Waals surface area contributed by atoms with Gasteiger partial charge in [0.1, 0.15) is 0 Å². The van der Waals surface area contributed by atoms with Gasteiger partial charge in [0, 0.05) is 29.5 Å². The third-order valence-corrected chi connectivity index (χ3v) is 3.73. The van der Waals surface area contributed by atoms with Gasteiger partial charge in [-0.05, 0) is 35.7 Å². The van der Waals surface area contributed by atoms with Gasteiger partial charge in [0.25, 0.3) is 0 Å². The monoisotopic (exact) mass is 277 g/mol. The van der Waals surface area contributed by atoms with E-state index in [0.717, 1.165) is 28.8 Å². The zero-order chi connectivity index (χ0) is 14.7. The maximum absolute atomic E-state index is 5.88. The van der Waals surface area contributed by atoms with Crippen molar-refractivity contribution in [2.75, 3.05) is 17.6 Å². The Balaban J connectivity index is 1.81. The van der Waals surface area contributed by atoms with Gasteiger partial charge in [0.15, 0.2) is 0 Å². The maximum atomic E-state index is 5.88. The molecular weight excluding hydrogens is 258 g/mol.